The predicted molar refractivity (Wildman–Crippen MR) is 81.6 cm³/mol. The van der Waals surface area contributed by atoms with Crippen LogP contribution in [0.5, 0.6) is 0 Å². The summed E-state index contributed by atoms with van der Waals surface area (Å²) in [7, 11) is 0. The van der Waals surface area contributed by atoms with Gasteiger partial charge in [0.25, 0.3) is 5.69 Å². The molecule has 0 radical (unpaired) electrons. The van der Waals surface area contributed by atoms with Gasteiger partial charge in [-0.1, -0.05) is 11.6 Å². The Kier molecular flexibility index (Phi) is 5.20. The average Bonchev–Trinajstić information content (AvgIpc) is 2.90. The Morgan fingerprint density at radius 1 is 1.40 bits per heavy atom. The number of nitrogens with zero attached hydrogens (tertiary/aromatic N) is 2. The van der Waals surface area contributed by atoms with Crippen LogP contribution in [0.1, 0.15) is 24.8 Å². The molecule has 2 rings (SSSR count). The van der Waals surface area contributed by atoms with E-state index in [2.05, 4.69) is 10.2 Å². The summed E-state index contributed by atoms with van der Waals surface area (Å²) < 4.78 is 0. The molecule has 110 valence electrons. The van der Waals surface area contributed by atoms with E-state index in [0.29, 0.717) is 0 Å². The first-order chi connectivity index (χ1) is 9.58. The van der Waals surface area contributed by atoms with E-state index in [1.165, 1.54) is 32.0 Å². The van der Waals surface area contributed by atoms with Crippen LogP contribution in [-0.4, -0.2) is 36.0 Å². The van der Waals surface area contributed by atoms with Crippen LogP contribution >= 0.6 is 11.6 Å². The van der Waals surface area contributed by atoms with E-state index in [1.54, 1.807) is 6.07 Å². The smallest absolute Gasteiger partial charge is 0.288 e. The van der Waals surface area contributed by atoms with Crippen LogP contribution in [0.3, 0.4) is 0 Å². The summed E-state index contributed by atoms with van der Waals surface area (Å²) in [4.78, 5) is 12.8. The molecule has 0 bridgehead atoms. The maximum atomic E-state index is 10.8. The van der Waals surface area contributed by atoms with Gasteiger partial charge in [0.2, 0.25) is 0 Å². The van der Waals surface area contributed by atoms with Crippen molar-refractivity contribution in [1.29, 1.82) is 0 Å². The number of nitro benzene ring substituents is 1. The second-order valence-corrected chi connectivity index (χ2v) is 5.61. The second kappa shape index (κ2) is 6.90. The standard InChI is InChI=1S/C14H20ClN3O2/c1-11-9-14(18(19)20)12(15)10-13(11)16-5-4-8-17-6-2-3-7-17/h9-10,16H,2-8H2,1H3. The van der Waals surface area contributed by atoms with E-state index in [9.17, 15) is 10.1 Å². The Bertz CT molecular complexity index is 488. The van der Waals surface area contributed by atoms with Gasteiger partial charge in [0, 0.05) is 18.3 Å². The molecule has 5 nitrogen and oxygen atoms in total. The van der Waals surface area contributed by atoms with Crippen molar-refractivity contribution in [3.8, 4) is 0 Å². The van der Waals surface area contributed by atoms with Crippen LogP contribution in [0.2, 0.25) is 5.02 Å². The van der Waals surface area contributed by atoms with Gasteiger partial charge in [-0.25, -0.2) is 0 Å². The molecule has 0 spiro atoms. The second-order valence-electron chi connectivity index (χ2n) is 5.20. The Morgan fingerprint density at radius 3 is 2.75 bits per heavy atom. The third kappa shape index (κ3) is 3.84. The topological polar surface area (TPSA) is 58.4 Å². The van der Waals surface area contributed by atoms with Crippen LogP contribution < -0.4 is 5.32 Å². The minimum absolute atomic E-state index is 0.0354. The van der Waals surface area contributed by atoms with Crippen LogP contribution in [0, 0.1) is 17.0 Å². The summed E-state index contributed by atoms with van der Waals surface area (Å²) >= 11 is 5.92. The van der Waals surface area contributed by atoms with Gasteiger partial charge in [-0.15, -0.1) is 0 Å². The Hall–Kier alpha value is -1.33. The molecule has 1 aliphatic heterocycles. The summed E-state index contributed by atoms with van der Waals surface area (Å²) in [5.41, 5.74) is 1.69. The molecule has 0 aliphatic carbocycles. The highest BCUT2D eigenvalue weighted by atomic mass is 35.5. The number of nitrogens with one attached hydrogen (secondary N) is 1. The number of hydrogen-bond donors (Lipinski definition) is 1. The van der Waals surface area contributed by atoms with Gasteiger partial charge in [-0.3, -0.25) is 10.1 Å². The molecule has 1 fully saturated rings. The van der Waals surface area contributed by atoms with Crippen molar-refractivity contribution in [3.63, 3.8) is 0 Å². The molecule has 1 aliphatic rings. The van der Waals surface area contributed by atoms with Crippen LogP contribution in [0.25, 0.3) is 0 Å². The average molecular weight is 298 g/mol. The number of halogens is 1. The fourth-order valence-electron chi connectivity index (χ4n) is 2.53. The molecular weight excluding hydrogens is 278 g/mol. The normalized spacial score (nSPS) is 15.5. The van der Waals surface area contributed by atoms with Gasteiger partial charge in [-0.05, 0) is 57.5 Å². The molecule has 0 unspecified atom stereocenters. The zero-order valence-electron chi connectivity index (χ0n) is 11.7. The first-order valence-corrected chi connectivity index (χ1v) is 7.36. The molecule has 1 heterocycles. The lowest BCUT2D eigenvalue weighted by molar-refractivity contribution is -0.384. The highest BCUT2D eigenvalue weighted by Gasteiger charge is 2.15. The number of aryl methyl sites for hydroxylation is 1. The van der Waals surface area contributed by atoms with Crippen molar-refractivity contribution in [3.05, 3.63) is 32.8 Å². The van der Waals surface area contributed by atoms with E-state index in [0.717, 1.165) is 30.8 Å². The van der Waals surface area contributed by atoms with E-state index in [1.807, 2.05) is 6.92 Å². The van der Waals surface area contributed by atoms with Gasteiger partial charge in [0.1, 0.15) is 5.02 Å². The SMILES string of the molecule is Cc1cc([N+](=O)[O-])c(Cl)cc1NCCCN1CCCC1. The summed E-state index contributed by atoms with van der Waals surface area (Å²) in [6, 6.07) is 3.16. The van der Waals surface area contributed by atoms with Crippen LogP contribution in [0.15, 0.2) is 12.1 Å². The van der Waals surface area contributed by atoms with Gasteiger partial charge in [0.05, 0.1) is 4.92 Å². The van der Waals surface area contributed by atoms with E-state index in [4.69, 9.17) is 11.6 Å². The van der Waals surface area contributed by atoms with Crippen molar-refractivity contribution in [2.45, 2.75) is 26.2 Å². The minimum atomic E-state index is -0.452. The lowest BCUT2D eigenvalue weighted by atomic mass is 10.1. The molecule has 1 saturated heterocycles. The predicted octanol–water partition coefficient (Wildman–Crippen LogP) is 3.45. The van der Waals surface area contributed by atoms with Crippen LogP contribution in [-0.2, 0) is 0 Å². The highest BCUT2D eigenvalue weighted by Crippen LogP contribution is 2.30. The van der Waals surface area contributed by atoms with Crippen molar-refractivity contribution in [2.24, 2.45) is 0 Å². The fraction of sp³-hybridized carbons (Fsp3) is 0.571. The number of hydrogen-bond acceptors (Lipinski definition) is 4. The number of likely N-dealkylation sites (tertiary alicyclic amines) is 1. The zero-order chi connectivity index (χ0) is 14.5. The Labute approximate surface area is 124 Å². The first kappa shape index (κ1) is 15.1. The molecule has 0 aromatic heterocycles. The lowest BCUT2D eigenvalue weighted by Crippen LogP contribution is -2.22. The number of anilines is 1. The summed E-state index contributed by atoms with van der Waals surface area (Å²) in [5, 5.41) is 14.3. The molecule has 20 heavy (non-hydrogen) atoms. The number of rotatable bonds is 6. The van der Waals surface area contributed by atoms with E-state index >= 15 is 0 Å². The molecule has 1 aromatic carbocycles. The van der Waals surface area contributed by atoms with Crippen molar-refractivity contribution < 1.29 is 4.92 Å². The third-order valence-electron chi connectivity index (χ3n) is 3.66. The molecule has 0 amide bonds. The molecule has 1 aromatic rings. The highest BCUT2D eigenvalue weighted by molar-refractivity contribution is 6.33. The quantitative estimate of drug-likeness (QED) is 0.496. The van der Waals surface area contributed by atoms with Crippen molar-refractivity contribution >= 4 is 23.0 Å². The summed E-state index contributed by atoms with van der Waals surface area (Å²) in [6.45, 7) is 6.23. The van der Waals surface area contributed by atoms with Gasteiger partial charge >= 0.3 is 0 Å². The van der Waals surface area contributed by atoms with E-state index < -0.39 is 4.92 Å². The monoisotopic (exact) mass is 297 g/mol. The fourth-order valence-corrected chi connectivity index (χ4v) is 2.76. The first-order valence-electron chi connectivity index (χ1n) is 6.98. The van der Waals surface area contributed by atoms with Crippen molar-refractivity contribution in [1.82, 2.24) is 4.90 Å². The summed E-state index contributed by atoms with van der Waals surface area (Å²) in [5.74, 6) is 0. The molecule has 6 heteroatoms. The molecule has 0 atom stereocenters. The maximum Gasteiger partial charge on any atom is 0.288 e. The third-order valence-corrected chi connectivity index (χ3v) is 3.96. The number of benzene rings is 1. The van der Waals surface area contributed by atoms with Crippen LogP contribution in [0.4, 0.5) is 11.4 Å². The van der Waals surface area contributed by atoms with E-state index in [-0.39, 0.29) is 10.7 Å². The Balaban J connectivity index is 1.86. The molecule has 0 saturated carbocycles. The lowest BCUT2D eigenvalue weighted by Gasteiger charge is -2.15. The Morgan fingerprint density at radius 2 is 2.10 bits per heavy atom. The van der Waals surface area contributed by atoms with Crippen molar-refractivity contribution in [2.75, 3.05) is 31.5 Å². The maximum absolute atomic E-state index is 10.8. The number of nitro groups is 1. The largest absolute Gasteiger partial charge is 0.385 e. The summed E-state index contributed by atoms with van der Waals surface area (Å²) in [6.07, 6.45) is 3.68. The molecule has 1 N–H and O–H groups in total. The zero-order valence-corrected chi connectivity index (χ0v) is 12.4. The minimum Gasteiger partial charge on any atom is -0.385 e. The van der Waals surface area contributed by atoms with Gasteiger partial charge in [0.15, 0.2) is 0 Å². The van der Waals surface area contributed by atoms with Gasteiger partial charge < -0.3 is 10.2 Å². The molecular formula is C14H20ClN3O2. The van der Waals surface area contributed by atoms with Gasteiger partial charge in [-0.2, -0.15) is 0 Å².